The fraction of sp³-hybridized carbons (Fsp3) is 0.500. The van der Waals surface area contributed by atoms with E-state index in [-0.39, 0.29) is 22.9 Å². The summed E-state index contributed by atoms with van der Waals surface area (Å²) in [6, 6.07) is 13.3. The van der Waals surface area contributed by atoms with Gasteiger partial charge in [-0.25, -0.2) is 0 Å². The summed E-state index contributed by atoms with van der Waals surface area (Å²) >= 11 is 1.63. The van der Waals surface area contributed by atoms with Gasteiger partial charge in [0.25, 0.3) is 5.91 Å². The molecule has 0 fully saturated rings. The standard InChI is InChI=1S/C32H44N2O3S.BrH/c1-3-4-5-6-7-8-9-10-11-12-13-16-23-37-31-29(20-17-21-30(31)36-2)33-32(35)28-19-15-14-18-27(28)25-34-22-24-38-26-34;/h14-15,17-22,24,26H,3-13,16,23,25H2,1-2H3;1H. The topological polar surface area (TPSA) is 51.4 Å². The number of unbranched alkanes of at least 4 members (excludes halogenated alkanes) is 11. The lowest BCUT2D eigenvalue weighted by Crippen LogP contribution is -3.00. The fourth-order valence-corrected chi connectivity index (χ4v) is 5.26. The number of methoxy groups -OCH3 is 1. The Bertz CT molecular complexity index is 1080. The van der Waals surface area contributed by atoms with Crippen LogP contribution in [0, 0.1) is 0 Å². The Balaban J connectivity index is 0.00000533. The second-order valence-electron chi connectivity index (χ2n) is 9.88. The third-order valence-electron chi connectivity index (χ3n) is 6.83. The first kappa shape index (κ1) is 32.8. The number of rotatable bonds is 19. The second-order valence-corrected chi connectivity index (χ2v) is 10.6. The first-order valence-corrected chi connectivity index (χ1v) is 15.3. The van der Waals surface area contributed by atoms with Gasteiger partial charge in [0.1, 0.15) is 0 Å². The van der Waals surface area contributed by atoms with Crippen molar-refractivity contribution >= 4 is 22.9 Å². The number of anilines is 1. The van der Waals surface area contributed by atoms with Crippen LogP contribution in [0.4, 0.5) is 5.69 Å². The molecule has 214 valence electrons. The van der Waals surface area contributed by atoms with E-state index in [1.165, 1.54) is 64.2 Å². The number of nitrogens with one attached hydrogen (secondary N) is 1. The number of thiazole rings is 1. The lowest BCUT2D eigenvalue weighted by atomic mass is 10.1. The molecule has 5 nitrogen and oxygen atoms in total. The van der Waals surface area contributed by atoms with Crippen molar-refractivity contribution < 1.29 is 35.8 Å². The molecule has 7 heteroatoms. The molecular weight excluding hydrogens is 572 g/mol. The lowest BCUT2D eigenvalue weighted by molar-refractivity contribution is -0.683. The van der Waals surface area contributed by atoms with Crippen molar-refractivity contribution in [3.63, 3.8) is 0 Å². The van der Waals surface area contributed by atoms with Gasteiger partial charge in [0.15, 0.2) is 24.2 Å². The normalized spacial score (nSPS) is 10.6. The van der Waals surface area contributed by atoms with Gasteiger partial charge in [-0.2, -0.15) is 4.57 Å². The van der Waals surface area contributed by atoms with Crippen LogP contribution in [0.15, 0.2) is 59.6 Å². The van der Waals surface area contributed by atoms with Crippen molar-refractivity contribution in [3.8, 4) is 11.5 Å². The Hall–Kier alpha value is -2.38. The summed E-state index contributed by atoms with van der Waals surface area (Å²) in [5.74, 6) is 1.07. The Morgan fingerprint density at radius 3 is 2.18 bits per heavy atom. The molecule has 1 aromatic heterocycles. The molecule has 2 aromatic carbocycles. The van der Waals surface area contributed by atoms with Crippen LogP contribution in [0.2, 0.25) is 0 Å². The summed E-state index contributed by atoms with van der Waals surface area (Å²) in [6.07, 6.45) is 17.7. The Labute approximate surface area is 249 Å². The van der Waals surface area contributed by atoms with E-state index in [1.54, 1.807) is 18.4 Å². The van der Waals surface area contributed by atoms with Crippen molar-refractivity contribution in [1.29, 1.82) is 0 Å². The van der Waals surface area contributed by atoms with E-state index in [1.807, 2.05) is 59.6 Å². The van der Waals surface area contributed by atoms with Gasteiger partial charge in [0.05, 0.1) is 24.8 Å². The number of aromatic nitrogens is 1. The molecule has 1 N–H and O–H groups in total. The Morgan fingerprint density at radius 1 is 0.872 bits per heavy atom. The number of benzene rings is 2. The highest BCUT2D eigenvalue weighted by atomic mass is 79.9. The number of amides is 1. The molecule has 0 aliphatic heterocycles. The lowest BCUT2D eigenvalue weighted by Gasteiger charge is -2.16. The predicted molar refractivity (Wildman–Crippen MR) is 158 cm³/mol. The van der Waals surface area contributed by atoms with E-state index in [9.17, 15) is 4.79 Å². The van der Waals surface area contributed by atoms with E-state index < -0.39 is 0 Å². The minimum absolute atomic E-state index is 0. The van der Waals surface area contributed by atoms with Crippen LogP contribution in [0.5, 0.6) is 11.5 Å². The van der Waals surface area contributed by atoms with E-state index in [4.69, 9.17) is 9.47 Å². The third-order valence-corrected chi connectivity index (χ3v) is 7.50. The van der Waals surface area contributed by atoms with Gasteiger partial charge in [-0.1, -0.05) is 113 Å². The summed E-state index contributed by atoms with van der Waals surface area (Å²) < 4.78 is 13.8. The maximum Gasteiger partial charge on any atom is 0.256 e. The van der Waals surface area contributed by atoms with Crippen LogP contribution >= 0.6 is 11.3 Å². The van der Waals surface area contributed by atoms with Gasteiger partial charge in [0.2, 0.25) is 5.51 Å². The third kappa shape index (κ3) is 11.7. The van der Waals surface area contributed by atoms with Gasteiger partial charge < -0.3 is 31.8 Å². The largest absolute Gasteiger partial charge is 1.00 e. The number of carbonyl (C=O) groups excluding carboxylic acids is 1. The molecule has 0 saturated heterocycles. The van der Waals surface area contributed by atoms with Crippen LogP contribution in [0.25, 0.3) is 0 Å². The van der Waals surface area contributed by atoms with Crippen molar-refractivity contribution in [2.75, 3.05) is 19.0 Å². The molecule has 0 aliphatic rings. The highest BCUT2D eigenvalue weighted by Gasteiger charge is 2.18. The van der Waals surface area contributed by atoms with Crippen LogP contribution in [-0.2, 0) is 6.54 Å². The minimum atomic E-state index is -0.153. The molecule has 0 aliphatic carbocycles. The molecular formula is C32H45BrN2O3S. The van der Waals surface area contributed by atoms with Crippen LogP contribution < -0.4 is 36.3 Å². The molecule has 0 atom stereocenters. The second kappa shape index (κ2) is 19.6. The molecule has 0 bridgehead atoms. The van der Waals surface area contributed by atoms with Crippen LogP contribution in [-0.4, -0.2) is 19.6 Å². The zero-order valence-corrected chi connectivity index (χ0v) is 26.0. The quantitative estimate of drug-likeness (QED) is 0.144. The number of nitrogens with zero attached hydrogens (tertiary/aromatic N) is 1. The number of halogens is 1. The van der Waals surface area contributed by atoms with Crippen molar-refractivity contribution in [2.45, 2.75) is 90.5 Å². The molecule has 0 spiro atoms. The average molecular weight is 618 g/mol. The number of hydrogen-bond donors (Lipinski definition) is 1. The Kier molecular flexibility index (Phi) is 16.5. The number of hydrogen-bond acceptors (Lipinski definition) is 4. The van der Waals surface area contributed by atoms with E-state index >= 15 is 0 Å². The molecule has 1 heterocycles. The molecule has 3 rings (SSSR count). The summed E-state index contributed by atoms with van der Waals surface area (Å²) in [5, 5.41) is 5.09. The highest BCUT2D eigenvalue weighted by Crippen LogP contribution is 2.35. The van der Waals surface area contributed by atoms with E-state index in [2.05, 4.69) is 16.8 Å². The van der Waals surface area contributed by atoms with Crippen molar-refractivity contribution in [3.05, 3.63) is 70.7 Å². The summed E-state index contributed by atoms with van der Waals surface area (Å²) in [4.78, 5) is 13.3. The summed E-state index contributed by atoms with van der Waals surface area (Å²) in [5.41, 5.74) is 4.29. The smallest absolute Gasteiger partial charge is 0.256 e. The summed E-state index contributed by atoms with van der Waals surface area (Å²) in [6.45, 7) is 3.52. The maximum absolute atomic E-state index is 13.3. The van der Waals surface area contributed by atoms with Crippen LogP contribution in [0.1, 0.15) is 99.9 Å². The molecule has 0 radical (unpaired) electrons. The van der Waals surface area contributed by atoms with Gasteiger partial charge in [-0.05, 0) is 24.6 Å². The number of para-hydroxylation sites is 1. The first-order chi connectivity index (χ1) is 18.7. The molecule has 0 saturated carbocycles. The average Bonchev–Trinajstić information content (AvgIpc) is 3.45. The number of ether oxygens (including phenoxy) is 2. The van der Waals surface area contributed by atoms with Gasteiger partial charge in [-0.3, -0.25) is 4.79 Å². The highest BCUT2D eigenvalue weighted by molar-refractivity contribution is 7.07. The minimum Gasteiger partial charge on any atom is -1.00 e. The molecule has 39 heavy (non-hydrogen) atoms. The molecule has 3 aromatic rings. The zero-order chi connectivity index (χ0) is 26.8. The van der Waals surface area contributed by atoms with E-state index in [0.29, 0.717) is 35.9 Å². The maximum atomic E-state index is 13.3. The predicted octanol–water partition coefficient (Wildman–Crippen LogP) is 5.43. The Morgan fingerprint density at radius 2 is 1.54 bits per heavy atom. The van der Waals surface area contributed by atoms with E-state index in [0.717, 1.165) is 18.4 Å². The SMILES string of the molecule is CCCCCCCCCCCCCCOc1c(NC(=O)c2ccccc2C[n+]2ccsc2)cccc1OC.[Br-]. The number of carbonyl (C=O) groups is 1. The molecule has 0 unspecified atom stereocenters. The first-order valence-electron chi connectivity index (χ1n) is 14.3. The fourth-order valence-electron chi connectivity index (χ4n) is 4.66. The summed E-state index contributed by atoms with van der Waals surface area (Å²) in [7, 11) is 1.63. The van der Waals surface area contributed by atoms with Gasteiger partial charge in [0, 0.05) is 11.1 Å². The van der Waals surface area contributed by atoms with Gasteiger partial charge >= 0.3 is 0 Å². The van der Waals surface area contributed by atoms with Gasteiger partial charge in [-0.15, -0.1) is 0 Å². The van der Waals surface area contributed by atoms with Crippen molar-refractivity contribution in [1.82, 2.24) is 0 Å². The van der Waals surface area contributed by atoms with Crippen LogP contribution in [0.3, 0.4) is 0 Å². The van der Waals surface area contributed by atoms with Crippen molar-refractivity contribution in [2.24, 2.45) is 0 Å². The zero-order valence-electron chi connectivity index (χ0n) is 23.6. The monoisotopic (exact) mass is 616 g/mol. The molecule has 1 amide bonds.